The van der Waals surface area contributed by atoms with Crippen molar-refractivity contribution < 1.29 is 54.9 Å². The second-order valence-corrected chi connectivity index (χ2v) is 10.6. The Morgan fingerprint density at radius 3 is 1.69 bits per heavy atom. The van der Waals surface area contributed by atoms with Crippen LogP contribution in [0.25, 0.3) is 0 Å². The van der Waals surface area contributed by atoms with Gasteiger partial charge in [0.15, 0.2) is 6.10 Å². The largest absolute Gasteiger partial charge is 0.455 e. The molecule has 0 N–H and O–H groups in total. The van der Waals surface area contributed by atoms with Crippen LogP contribution in [0.1, 0.15) is 56.6 Å². The monoisotopic (exact) mass is 692 g/mol. The lowest BCUT2D eigenvalue weighted by Crippen LogP contribution is -2.52. The standard InChI is InChI=1S/C37H38F6O6/c1-5-7-8-9-19-26-31(49-33(45)35(47-4,37(41,42)43)29-23-16-13-17-24-29)27-20-11-10-18-25-30(6-2)48-32(44)34(46-3,36(38,39)40)28-21-14-12-15-22-28/h6,12-17,20-24,27,30-31H,2,5,7-9,19,26H2,1,3-4H3/b27-20+/t30-,31+,34+,35+/m1/s1. The quantitative estimate of drug-likeness (QED) is 0.0582. The highest BCUT2D eigenvalue weighted by Gasteiger charge is 2.65. The molecule has 0 saturated carbocycles. The summed E-state index contributed by atoms with van der Waals surface area (Å²) in [5.41, 5.74) is -7.75. The predicted octanol–water partition coefficient (Wildman–Crippen LogP) is 8.13. The number of esters is 2. The summed E-state index contributed by atoms with van der Waals surface area (Å²) in [6, 6.07) is 12.6. The molecule has 0 aliphatic carbocycles. The molecule has 12 heteroatoms. The fraction of sp³-hybridized carbons (Fsp3) is 0.405. The molecule has 0 fully saturated rings. The van der Waals surface area contributed by atoms with Gasteiger partial charge in [0.1, 0.15) is 6.10 Å². The Kier molecular flexibility index (Phi) is 15.7. The average molecular weight is 693 g/mol. The molecule has 0 aliphatic rings. The number of alkyl halides is 6. The van der Waals surface area contributed by atoms with E-state index in [1.165, 1.54) is 48.6 Å². The molecule has 0 bridgehead atoms. The van der Waals surface area contributed by atoms with Crippen molar-refractivity contribution in [3.8, 4) is 23.7 Å². The summed E-state index contributed by atoms with van der Waals surface area (Å²) < 4.78 is 105. The van der Waals surface area contributed by atoms with E-state index in [1.807, 2.05) is 6.92 Å². The SMILES string of the molecule is C=C[C@H](C#CC#C/C=C/[C@H](CCCCCCC)OC(=O)[C@@](OC)(c1ccccc1)C(F)(F)F)OC(=O)[C@@](OC)(c1ccccc1)C(F)(F)F. The normalized spacial score (nSPS) is 15.3. The van der Waals surface area contributed by atoms with Gasteiger partial charge < -0.3 is 18.9 Å². The maximum absolute atomic E-state index is 14.4. The first-order valence-electron chi connectivity index (χ1n) is 15.3. The van der Waals surface area contributed by atoms with Crippen molar-refractivity contribution in [1.82, 2.24) is 0 Å². The third-order valence-electron chi connectivity index (χ3n) is 7.39. The zero-order valence-corrected chi connectivity index (χ0v) is 27.3. The molecular formula is C37H38F6O6. The van der Waals surface area contributed by atoms with Crippen LogP contribution in [-0.2, 0) is 39.7 Å². The van der Waals surface area contributed by atoms with E-state index in [1.54, 1.807) is 0 Å². The maximum atomic E-state index is 14.4. The molecule has 0 aliphatic heterocycles. The molecule has 0 saturated heterocycles. The number of rotatable bonds is 16. The number of hydrogen-bond acceptors (Lipinski definition) is 6. The van der Waals surface area contributed by atoms with Gasteiger partial charge in [0, 0.05) is 25.3 Å². The Hall–Kier alpha value is -4.52. The van der Waals surface area contributed by atoms with Crippen LogP contribution in [0.5, 0.6) is 0 Å². The Morgan fingerprint density at radius 1 is 0.755 bits per heavy atom. The van der Waals surface area contributed by atoms with Crippen LogP contribution in [0.3, 0.4) is 0 Å². The van der Waals surface area contributed by atoms with Crippen molar-refractivity contribution in [1.29, 1.82) is 0 Å². The Morgan fingerprint density at radius 2 is 1.24 bits per heavy atom. The second kappa shape index (κ2) is 18.9. The third-order valence-corrected chi connectivity index (χ3v) is 7.39. The van der Waals surface area contributed by atoms with Gasteiger partial charge in [0.25, 0.3) is 11.2 Å². The molecule has 264 valence electrons. The van der Waals surface area contributed by atoms with Gasteiger partial charge in [-0.3, -0.25) is 0 Å². The Bertz CT molecular complexity index is 1520. The summed E-state index contributed by atoms with van der Waals surface area (Å²) in [4.78, 5) is 26.0. The Labute approximate surface area is 282 Å². The van der Waals surface area contributed by atoms with Gasteiger partial charge in [-0.05, 0) is 48.8 Å². The van der Waals surface area contributed by atoms with Crippen LogP contribution < -0.4 is 0 Å². The third kappa shape index (κ3) is 10.2. The number of methoxy groups -OCH3 is 2. The van der Waals surface area contributed by atoms with Gasteiger partial charge >= 0.3 is 24.3 Å². The number of ether oxygens (including phenoxy) is 4. The molecule has 0 heterocycles. The zero-order valence-electron chi connectivity index (χ0n) is 27.3. The van der Waals surface area contributed by atoms with Crippen molar-refractivity contribution in [3.63, 3.8) is 0 Å². The number of carbonyl (C=O) groups is 2. The van der Waals surface area contributed by atoms with E-state index < -0.39 is 58.8 Å². The van der Waals surface area contributed by atoms with Crippen molar-refractivity contribution in [2.75, 3.05) is 14.2 Å². The first kappa shape index (κ1) is 40.7. The van der Waals surface area contributed by atoms with Crippen molar-refractivity contribution in [3.05, 3.63) is 96.6 Å². The van der Waals surface area contributed by atoms with Gasteiger partial charge in [-0.15, -0.1) is 0 Å². The highest BCUT2D eigenvalue weighted by molar-refractivity contribution is 5.83. The number of halogens is 6. The highest BCUT2D eigenvalue weighted by Crippen LogP contribution is 2.44. The number of benzene rings is 2. The number of unbranched alkanes of at least 4 members (excludes halogenated alkanes) is 4. The van der Waals surface area contributed by atoms with Crippen LogP contribution >= 0.6 is 0 Å². The first-order chi connectivity index (χ1) is 23.2. The number of allylic oxidation sites excluding steroid dienone is 1. The smallest absolute Gasteiger partial charge is 0.432 e. The van der Waals surface area contributed by atoms with E-state index in [0.29, 0.717) is 6.42 Å². The molecule has 0 unspecified atom stereocenters. The van der Waals surface area contributed by atoms with Crippen LogP contribution in [0, 0.1) is 23.7 Å². The van der Waals surface area contributed by atoms with Crippen molar-refractivity contribution in [2.24, 2.45) is 0 Å². The molecule has 49 heavy (non-hydrogen) atoms. The fourth-order valence-corrected chi connectivity index (χ4v) is 4.81. The Balaban J connectivity index is 2.28. The van der Waals surface area contributed by atoms with Crippen LogP contribution in [-0.4, -0.2) is 50.7 Å². The molecule has 4 atom stereocenters. The van der Waals surface area contributed by atoms with E-state index in [2.05, 4.69) is 30.3 Å². The van der Waals surface area contributed by atoms with E-state index in [4.69, 9.17) is 18.9 Å². The summed E-state index contributed by atoms with van der Waals surface area (Å²) in [6.45, 7) is 5.46. The topological polar surface area (TPSA) is 71.1 Å². The molecule has 2 rings (SSSR count). The molecule has 6 nitrogen and oxygen atoms in total. The van der Waals surface area contributed by atoms with Gasteiger partial charge in [0.2, 0.25) is 0 Å². The average Bonchev–Trinajstić information content (AvgIpc) is 3.06. The molecule has 0 radical (unpaired) electrons. The van der Waals surface area contributed by atoms with Crippen molar-refractivity contribution >= 4 is 11.9 Å². The summed E-state index contributed by atoms with van der Waals surface area (Å²) in [7, 11) is 1.50. The molecule has 2 aromatic carbocycles. The lowest BCUT2D eigenvalue weighted by atomic mass is 9.92. The van der Waals surface area contributed by atoms with Crippen molar-refractivity contribution in [2.45, 2.75) is 81.2 Å². The summed E-state index contributed by atoms with van der Waals surface area (Å²) in [5.74, 6) is 6.18. The van der Waals surface area contributed by atoms with Crippen LogP contribution in [0.4, 0.5) is 26.3 Å². The number of carbonyl (C=O) groups excluding carboxylic acids is 2. The first-order valence-corrected chi connectivity index (χ1v) is 15.3. The van der Waals surface area contributed by atoms with Gasteiger partial charge in [-0.1, -0.05) is 106 Å². The van der Waals surface area contributed by atoms with E-state index in [-0.39, 0.29) is 6.42 Å². The zero-order chi connectivity index (χ0) is 36.6. The lowest BCUT2D eigenvalue weighted by Gasteiger charge is -2.33. The summed E-state index contributed by atoms with van der Waals surface area (Å²) in [5, 5.41) is 0. The summed E-state index contributed by atoms with van der Waals surface area (Å²) >= 11 is 0. The highest BCUT2D eigenvalue weighted by atomic mass is 19.4. The molecule has 0 spiro atoms. The van der Waals surface area contributed by atoms with Crippen LogP contribution in [0.15, 0.2) is 85.5 Å². The van der Waals surface area contributed by atoms with E-state index in [9.17, 15) is 35.9 Å². The lowest BCUT2D eigenvalue weighted by molar-refractivity contribution is -0.278. The minimum Gasteiger partial charge on any atom is -0.455 e. The van der Waals surface area contributed by atoms with Gasteiger partial charge in [0.05, 0.1) is 0 Å². The van der Waals surface area contributed by atoms with Gasteiger partial charge in [-0.2, -0.15) is 26.3 Å². The summed E-state index contributed by atoms with van der Waals surface area (Å²) in [6.07, 6.45) is -5.12. The minimum absolute atomic E-state index is 0.197. The van der Waals surface area contributed by atoms with Gasteiger partial charge in [-0.25, -0.2) is 9.59 Å². The second-order valence-electron chi connectivity index (χ2n) is 10.6. The molecule has 0 aromatic heterocycles. The van der Waals surface area contributed by atoms with Crippen LogP contribution in [0.2, 0.25) is 0 Å². The van der Waals surface area contributed by atoms with E-state index in [0.717, 1.165) is 70.2 Å². The maximum Gasteiger partial charge on any atom is 0.432 e. The predicted molar refractivity (Wildman–Crippen MR) is 170 cm³/mol. The fourth-order valence-electron chi connectivity index (χ4n) is 4.81. The molecular weight excluding hydrogens is 654 g/mol. The molecule has 0 amide bonds. The number of hydrogen-bond donors (Lipinski definition) is 0. The molecule has 2 aromatic rings. The van der Waals surface area contributed by atoms with E-state index >= 15 is 0 Å². The minimum atomic E-state index is -5.19.